The lowest BCUT2D eigenvalue weighted by Gasteiger charge is -2.11. The average molecular weight is 248 g/mol. The summed E-state index contributed by atoms with van der Waals surface area (Å²) in [5, 5.41) is 10.6. The molecule has 0 saturated heterocycles. The van der Waals surface area contributed by atoms with Gasteiger partial charge in [0.05, 0.1) is 11.0 Å². The summed E-state index contributed by atoms with van der Waals surface area (Å²) in [6.45, 7) is 0. The van der Waals surface area contributed by atoms with E-state index in [-0.39, 0.29) is 0 Å². The monoisotopic (exact) mass is 248 g/mol. The molecule has 0 aromatic heterocycles. The number of nitrogens with zero attached hydrogens (tertiary/aromatic N) is 2. The summed E-state index contributed by atoms with van der Waals surface area (Å²) in [4.78, 5) is 9.14. The van der Waals surface area contributed by atoms with Crippen LogP contribution in [0.3, 0.4) is 0 Å². The van der Waals surface area contributed by atoms with Gasteiger partial charge in [-0.15, -0.1) is 0 Å². The molecule has 1 rings (SSSR count). The van der Waals surface area contributed by atoms with Crippen molar-refractivity contribution in [2.24, 2.45) is 0 Å². The van der Waals surface area contributed by atoms with Crippen molar-refractivity contribution < 1.29 is 17.7 Å². The van der Waals surface area contributed by atoms with Crippen molar-refractivity contribution in [2.45, 2.75) is 4.90 Å². The minimum Gasteiger partial charge on any atom is -0.258 e. The van der Waals surface area contributed by atoms with E-state index >= 15 is 0 Å². The highest BCUT2D eigenvalue weighted by Crippen LogP contribution is 2.26. The summed E-state index contributed by atoms with van der Waals surface area (Å²) in [6.07, 6.45) is 0. The van der Waals surface area contributed by atoms with Gasteiger partial charge in [-0.25, -0.2) is 17.1 Å². The van der Waals surface area contributed by atoms with Crippen molar-refractivity contribution in [3.8, 4) is 0 Å². The summed E-state index contributed by atoms with van der Waals surface area (Å²) >= 11 is 0. The molecule has 0 unspecified atom stereocenters. The quantitative estimate of drug-likeness (QED) is 0.590. The van der Waals surface area contributed by atoms with Gasteiger partial charge in [-0.3, -0.25) is 10.1 Å². The Morgan fingerprint density at radius 3 is 2.38 bits per heavy atom. The maximum absolute atomic E-state index is 12.8. The first kappa shape index (κ1) is 12.5. The van der Waals surface area contributed by atoms with E-state index in [0.717, 1.165) is 16.4 Å². The van der Waals surface area contributed by atoms with Crippen molar-refractivity contribution in [3.63, 3.8) is 0 Å². The van der Waals surface area contributed by atoms with Crippen LogP contribution in [0.2, 0.25) is 0 Å². The molecule has 0 bridgehead atoms. The Labute approximate surface area is 91.5 Å². The van der Waals surface area contributed by atoms with Crippen LogP contribution >= 0.6 is 0 Å². The Morgan fingerprint density at radius 1 is 1.38 bits per heavy atom. The molecule has 6 nitrogen and oxygen atoms in total. The van der Waals surface area contributed by atoms with Gasteiger partial charge in [-0.1, -0.05) is 0 Å². The van der Waals surface area contributed by atoms with Crippen LogP contribution in [0.25, 0.3) is 0 Å². The molecule has 0 saturated carbocycles. The van der Waals surface area contributed by atoms with Crippen molar-refractivity contribution in [1.82, 2.24) is 4.31 Å². The number of benzene rings is 1. The van der Waals surface area contributed by atoms with E-state index in [1.165, 1.54) is 14.1 Å². The van der Waals surface area contributed by atoms with Crippen molar-refractivity contribution >= 4 is 15.7 Å². The van der Waals surface area contributed by atoms with E-state index in [1.807, 2.05) is 0 Å². The van der Waals surface area contributed by atoms with Crippen LogP contribution < -0.4 is 0 Å². The minimum atomic E-state index is -3.94. The molecule has 0 N–H and O–H groups in total. The van der Waals surface area contributed by atoms with Crippen LogP contribution in [0, 0.1) is 15.9 Å². The zero-order valence-corrected chi connectivity index (χ0v) is 9.36. The fourth-order valence-electron chi connectivity index (χ4n) is 1.05. The maximum Gasteiger partial charge on any atom is 0.292 e. The van der Waals surface area contributed by atoms with E-state index in [1.54, 1.807) is 0 Å². The number of sulfonamides is 1. The molecule has 0 amide bonds. The molecule has 0 aliphatic rings. The van der Waals surface area contributed by atoms with Gasteiger partial charge in [0.25, 0.3) is 5.69 Å². The predicted molar refractivity (Wildman–Crippen MR) is 53.9 cm³/mol. The molecule has 0 spiro atoms. The zero-order valence-electron chi connectivity index (χ0n) is 8.55. The zero-order chi connectivity index (χ0) is 12.5. The molecule has 8 heteroatoms. The second kappa shape index (κ2) is 4.14. The van der Waals surface area contributed by atoms with Crippen molar-refractivity contribution in [3.05, 3.63) is 34.1 Å². The topological polar surface area (TPSA) is 80.5 Å². The van der Waals surface area contributed by atoms with Gasteiger partial charge < -0.3 is 0 Å². The minimum absolute atomic E-state index is 0.524. The Bertz CT molecular complexity index is 527. The third kappa shape index (κ3) is 2.17. The van der Waals surface area contributed by atoms with Crippen molar-refractivity contribution in [1.29, 1.82) is 0 Å². The highest BCUT2D eigenvalue weighted by molar-refractivity contribution is 7.89. The first-order valence-corrected chi connectivity index (χ1v) is 5.57. The van der Waals surface area contributed by atoms with E-state index in [0.29, 0.717) is 6.07 Å². The molecule has 1 aromatic carbocycles. The summed E-state index contributed by atoms with van der Waals surface area (Å²) in [5.74, 6) is -0.857. The number of hydrogen-bond donors (Lipinski definition) is 0. The highest BCUT2D eigenvalue weighted by Gasteiger charge is 2.27. The summed E-state index contributed by atoms with van der Waals surface area (Å²) < 4.78 is 36.9. The highest BCUT2D eigenvalue weighted by atomic mass is 32.2. The smallest absolute Gasteiger partial charge is 0.258 e. The fraction of sp³-hybridized carbons (Fsp3) is 0.250. The van der Waals surface area contributed by atoms with Gasteiger partial charge in [0, 0.05) is 14.1 Å². The van der Waals surface area contributed by atoms with Gasteiger partial charge in [-0.2, -0.15) is 0 Å². The van der Waals surface area contributed by atoms with Gasteiger partial charge in [-0.05, 0) is 12.1 Å². The second-order valence-corrected chi connectivity index (χ2v) is 5.28. The number of hydrogen-bond acceptors (Lipinski definition) is 4. The van der Waals surface area contributed by atoms with Crippen LogP contribution in [-0.4, -0.2) is 31.7 Å². The average Bonchev–Trinajstić information content (AvgIpc) is 2.16. The van der Waals surface area contributed by atoms with Crippen LogP contribution in [0.4, 0.5) is 10.1 Å². The van der Waals surface area contributed by atoms with E-state index < -0.39 is 31.3 Å². The Balaban J connectivity index is 3.52. The normalized spacial score (nSPS) is 11.8. The Morgan fingerprint density at radius 2 is 1.94 bits per heavy atom. The SMILES string of the molecule is CN(C)S(=O)(=O)c1ccc(F)cc1[N+](=O)[O-]. The molecule has 0 atom stereocenters. The lowest BCUT2D eigenvalue weighted by atomic mass is 10.3. The van der Waals surface area contributed by atoms with Crippen LogP contribution in [-0.2, 0) is 10.0 Å². The standard InChI is InChI=1S/C8H9FN2O4S/c1-10(2)16(14,15)8-4-3-6(9)5-7(8)11(12)13/h3-5H,1-2H3. The van der Waals surface area contributed by atoms with Gasteiger partial charge in [0.15, 0.2) is 4.90 Å². The number of halogens is 1. The number of rotatable bonds is 3. The lowest BCUT2D eigenvalue weighted by Crippen LogP contribution is -2.23. The van der Waals surface area contributed by atoms with Crippen LogP contribution in [0.5, 0.6) is 0 Å². The van der Waals surface area contributed by atoms with Gasteiger partial charge in [0.2, 0.25) is 10.0 Å². The fourth-order valence-corrected chi connectivity index (χ4v) is 2.08. The Kier molecular flexibility index (Phi) is 3.24. The molecular weight excluding hydrogens is 239 g/mol. The summed E-state index contributed by atoms with van der Waals surface area (Å²) in [7, 11) is -1.47. The molecule has 0 radical (unpaired) electrons. The second-order valence-electron chi connectivity index (χ2n) is 3.16. The van der Waals surface area contributed by atoms with E-state index in [9.17, 15) is 22.9 Å². The molecule has 16 heavy (non-hydrogen) atoms. The molecule has 0 heterocycles. The van der Waals surface area contributed by atoms with Crippen LogP contribution in [0.15, 0.2) is 23.1 Å². The first-order chi connectivity index (χ1) is 7.26. The largest absolute Gasteiger partial charge is 0.292 e. The van der Waals surface area contributed by atoms with Gasteiger partial charge >= 0.3 is 0 Å². The third-order valence-electron chi connectivity index (χ3n) is 1.88. The molecule has 0 fully saturated rings. The van der Waals surface area contributed by atoms with Crippen LogP contribution in [0.1, 0.15) is 0 Å². The molecular formula is C8H9FN2O4S. The Hall–Kier alpha value is -1.54. The molecule has 0 aliphatic heterocycles. The van der Waals surface area contributed by atoms with Gasteiger partial charge in [0.1, 0.15) is 5.82 Å². The lowest BCUT2D eigenvalue weighted by molar-refractivity contribution is -0.388. The number of nitro groups is 1. The first-order valence-electron chi connectivity index (χ1n) is 4.13. The molecule has 1 aromatic rings. The summed E-state index contributed by atoms with van der Waals surface area (Å²) in [5.41, 5.74) is -0.770. The molecule has 88 valence electrons. The van der Waals surface area contributed by atoms with Crippen molar-refractivity contribution in [2.75, 3.05) is 14.1 Å². The number of nitro benzene ring substituents is 1. The predicted octanol–water partition coefficient (Wildman–Crippen LogP) is 0.984. The summed E-state index contributed by atoms with van der Waals surface area (Å²) in [6, 6.07) is 2.32. The van der Waals surface area contributed by atoms with E-state index in [2.05, 4.69) is 0 Å². The molecule has 0 aliphatic carbocycles. The third-order valence-corrected chi connectivity index (χ3v) is 3.74. The van der Waals surface area contributed by atoms with E-state index in [4.69, 9.17) is 0 Å². The maximum atomic E-state index is 12.8.